The van der Waals surface area contributed by atoms with E-state index in [1.165, 1.54) is 4.90 Å². The first-order valence-electron chi connectivity index (χ1n) is 5.63. The number of aliphatic hydroxyl groups is 2. The molecule has 1 aliphatic heterocycles. The number of ether oxygens (including phenoxy) is 1. The van der Waals surface area contributed by atoms with Crippen molar-refractivity contribution >= 4 is 6.09 Å². The van der Waals surface area contributed by atoms with Crippen molar-refractivity contribution in [3.63, 3.8) is 0 Å². The lowest BCUT2D eigenvalue weighted by Gasteiger charge is -2.30. The first-order chi connectivity index (χ1) is 7.35. The van der Waals surface area contributed by atoms with Crippen molar-refractivity contribution in [2.45, 2.75) is 51.4 Å². The fourth-order valence-electron chi connectivity index (χ4n) is 1.86. The van der Waals surface area contributed by atoms with Crippen LogP contribution >= 0.6 is 0 Å². The molecule has 5 heteroatoms. The van der Waals surface area contributed by atoms with Gasteiger partial charge in [-0.05, 0) is 33.6 Å². The van der Waals surface area contributed by atoms with Crippen molar-refractivity contribution in [2.24, 2.45) is 0 Å². The second-order valence-corrected chi connectivity index (χ2v) is 5.13. The molecule has 1 aliphatic rings. The van der Waals surface area contributed by atoms with Gasteiger partial charge in [0.1, 0.15) is 5.60 Å². The highest BCUT2D eigenvalue weighted by molar-refractivity contribution is 5.69. The van der Waals surface area contributed by atoms with Gasteiger partial charge >= 0.3 is 6.09 Å². The van der Waals surface area contributed by atoms with E-state index in [0.29, 0.717) is 13.0 Å². The number of rotatable bonds is 2. The zero-order valence-electron chi connectivity index (χ0n) is 10.1. The van der Waals surface area contributed by atoms with Crippen LogP contribution in [0.1, 0.15) is 33.6 Å². The SMILES string of the molecule is CC(C)(C)OC(=O)N1CCCC1[C@H](O)CO. The van der Waals surface area contributed by atoms with Crippen LogP contribution in [0.4, 0.5) is 4.79 Å². The molecule has 0 aromatic heterocycles. The minimum Gasteiger partial charge on any atom is -0.444 e. The third-order valence-electron chi connectivity index (χ3n) is 2.56. The second-order valence-electron chi connectivity index (χ2n) is 5.13. The zero-order valence-corrected chi connectivity index (χ0v) is 10.1. The second kappa shape index (κ2) is 5.01. The summed E-state index contributed by atoms with van der Waals surface area (Å²) in [5.41, 5.74) is -0.533. The number of carbonyl (C=O) groups is 1. The summed E-state index contributed by atoms with van der Waals surface area (Å²) in [6.45, 7) is 5.66. The minimum absolute atomic E-state index is 0.320. The number of amides is 1. The van der Waals surface area contributed by atoms with Crippen LogP contribution in [0.5, 0.6) is 0 Å². The van der Waals surface area contributed by atoms with E-state index in [2.05, 4.69) is 0 Å². The average molecular weight is 231 g/mol. The average Bonchev–Trinajstić information content (AvgIpc) is 2.62. The highest BCUT2D eigenvalue weighted by atomic mass is 16.6. The van der Waals surface area contributed by atoms with E-state index in [9.17, 15) is 9.90 Å². The van der Waals surface area contributed by atoms with Crippen LogP contribution in [0.25, 0.3) is 0 Å². The van der Waals surface area contributed by atoms with Gasteiger partial charge in [0.2, 0.25) is 0 Å². The van der Waals surface area contributed by atoms with Gasteiger partial charge in [-0.15, -0.1) is 0 Å². The number of carbonyl (C=O) groups excluding carboxylic acids is 1. The molecule has 5 nitrogen and oxygen atoms in total. The van der Waals surface area contributed by atoms with E-state index < -0.39 is 17.8 Å². The van der Waals surface area contributed by atoms with E-state index in [1.54, 1.807) is 20.8 Å². The van der Waals surface area contributed by atoms with Crippen molar-refractivity contribution in [1.82, 2.24) is 4.90 Å². The van der Waals surface area contributed by atoms with E-state index in [-0.39, 0.29) is 12.6 Å². The largest absolute Gasteiger partial charge is 0.444 e. The molecule has 16 heavy (non-hydrogen) atoms. The first kappa shape index (κ1) is 13.3. The predicted octanol–water partition coefficient (Wildman–Crippen LogP) is 0.739. The van der Waals surface area contributed by atoms with Crippen LogP contribution in [0.15, 0.2) is 0 Å². The molecule has 94 valence electrons. The Hall–Kier alpha value is -0.810. The van der Waals surface area contributed by atoms with Crippen molar-refractivity contribution in [3.05, 3.63) is 0 Å². The summed E-state index contributed by atoms with van der Waals surface area (Å²) in [6.07, 6.45) is 0.250. The van der Waals surface area contributed by atoms with Crippen molar-refractivity contribution in [1.29, 1.82) is 0 Å². The van der Waals surface area contributed by atoms with Crippen LogP contribution in [0, 0.1) is 0 Å². The highest BCUT2D eigenvalue weighted by Gasteiger charge is 2.35. The molecule has 2 atom stereocenters. The molecule has 0 bridgehead atoms. The fourth-order valence-corrected chi connectivity index (χ4v) is 1.86. The lowest BCUT2D eigenvalue weighted by molar-refractivity contribution is -0.00623. The van der Waals surface area contributed by atoms with E-state index in [4.69, 9.17) is 9.84 Å². The predicted molar refractivity (Wildman–Crippen MR) is 59.1 cm³/mol. The van der Waals surface area contributed by atoms with Gasteiger partial charge in [-0.1, -0.05) is 0 Å². The van der Waals surface area contributed by atoms with Crippen LogP contribution in [-0.4, -0.2) is 52.1 Å². The van der Waals surface area contributed by atoms with E-state index >= 15 is 0 Å². The van der Waals surface area contributed by atoms with Crippen LogP contribution < -0.4 is 0 Å². The van der Waals surface area contributed by atoms with Gasteiger partial charge in [-0.25, -0.2) is 4.79 Å². The zero-order chi connectivity index (χ0) is 12.3. The number of hydrogen-bond donors (Lipinski definition) is 2. The smallest absolute Gasteiger partial charge is 0.410 e. The van der Waals surface area contributed by atoms with Crippen LogP contribution in [-0.2, 0) is 4.74 Å². The standard InChI is InChI=1S/C11H21NO4/c1-11(2,3)16-10(15)12-6-4-5-8(12)9(14)7-13/h8-9,13-14H,4-7H2,1-3H3/t8?,9-/m1/s1. The third kappa shape index (κ3) is 3.35. The molecule has 0 aromatic rings. The molecular weight excluding hydrogens is 210 g/mol. The van der Waals surface area contributed by atoms with Gasteiger partial charge in [0, 0.05) is 6.54 Å². The number of hydrogen-bond acceptors (Lipinski definition) is 4. The summed E-state index contributed by atoms with van der Waals surface area (Å²) in [6, 6.07) is -0.320. The van der Waals surface area contributed by atoms with Crippen molar-refractivity contribution in [3.8, 4) is 0 Å². The molecule has 0 spiro atoms. The summed E-state index contributed by atoms with van der Waals surface area (Å²) in [5, 5.41) is 18.5. The molecular formula is C11H21NO4. The quantitative estimate of drug-likeness (QED) is 0.735. The van der Waals surface area contributed by atoms with E-state index in [1.807, 2.05) is 0 Å². The Morgan fingerprint density at radius 3 is 2.69 bits per heavy atom. The molecule has 0 aromatic carbocycles. The van der Waals surface area contributed by atoms with E-state index in [0.717, 1.165) is 6.42 Å². The minimum atomic E-state index is -0.880. The molecule has 1 fully saturated rings. The molecule has 0 aliphatic carbocycles. The van der Waals surface area contributed by atoms with Gasteiger partial charge in [0.15, 0.2) is 0 Å². The Bertz CT molecular complexity index is 249. The molecule has 1 heterocycles. The molecule has 1 saturated heterocycles. The first-order valence-corrected chi connectivity index (χ1v) is 5.63. The summed E-state index contributed by atoms with van der Waals surface area (Å²) in [7, 11) is 0. The Balaban J connectivity index is 2.61. The lowest BCUT2D eigenvalue weighted by atomic mass is 10.1. The highest BCUT2D eigenvalue weighted by Crippen LogP contribution is 2.22. The molecule has 2 N–H and O–H groups in total. The number of aliphatic hydroxyl groups excluding tert-OH is 2. The Morgan fingerprint density at radius 2 is 2.19 bits per heavy atom. The molecule has 0 radical (unpaired) electrons. The lowest BCUT2D eigenvalue weighted by Crippen LogP contribution is -2.46. The summed E-state index contributed by atoms with van der Waals surface area (Å²) >= 11 is 0. The topological polar surface area (TPSA) is 70.0 Å². The van der Waals surface area contributed by atoms with Crippen molar-refractivity contribution in [2.75, 3.05) is 13.2 Å². The number of likely N-dealkylation sites (tertiary alicyclic amines) is 1. The molecule has 1 unspecified atom stereocenters. The molecule has 1 rings (SSSR count). The summed E-state index contributed by atoms with van der Waals surface area (Å²) in [5.74, 6) is 0. The number of nitrogens with zero attached hydrogens (tertiary/aromatic N) is 1. The maximum Gasteiger partial charge on any atom is 0.410 e. The Kier molecular flexibility index (Phi) is 4.15. The maximum atomic E-state index is 11.8. The Labute approximate surface area is 96.0 Å². The van der Waals surface area contributed by atoms with Gasteiger partial charge in [0.25, 0.3) is 0 Å². The normalized spacial score (nSPS) is 23.3. The maximum absolute atomic E-state index is 11.8. The summed E-state index contributed by atoms with van der Waals surface area (Å²) < 4.78 is 5.24. The van der Waals surface area contributed by atoms with Gasteiger partial charge in [0.05, 0.1) is 18.8 Å². The molecule has 0 saturated carbocycles. The van der Waals surface area contributed by atoms with Crippen LogP contribution in [0.3, 0.4) is 0 Å². The van der Waals surface area contributed by atoms with Crippen molar-refractivity contribution < 1.29 is 19.7 Å². The van der Waals surface area contributed by atoms with Crippen LogP contribution in [0.2, 0.25) is 0 Å². The molecule has 1 amide bonds. The fraction of sp³-hybridized carbons (Fsp3) is 0.909. The summed E-state index contributed by atoms with van der Waals surface area (Å²) in [4.78, 5) is 13.3. The monoisotopic (exact) mass is 231 g/mol. The Morgan fingerprint density at radius 1 is 1.56 bits per heavy atom. The van der Waals surface area contributed by atoms with Gasteiger partial charge < -0.3 is 19.8 Å². The van der Waals surface area contributed by atoms with Gasteiger partial charge in [-0.2, -0.15) is 0 Å². The third-order valence-corrected chi connectivity index (χ3v) is 2.56. The van der Waals surface area contributed by atoms with Gasteiger partial charge in [-0.3, -0.25) is 0 Å².